The number of nitrogens with zero attached hydrogens (tertiary/aromatic N) is 1. The average molecular weight is 291 g/mol. The first-order chi connectivity index (χ1) is 10.1. The third-order valence-corrected chi connectivity index (χ3v) is 4.08. The second-order valence-electron chi connectivity index (χ2n) is 5.93. The Balaban J connectivity index is 1.90. The predicted octanol–water partition coefficient (Wildman–Crippen LogP) is 3.13. The van der Waals surface area contributed by atoms with Gasteiger partial charge in [0.15, 0.2) is 0 Å². The first-order valence-electron chi connectivity index (χ1n) is 7.78. The first kappa shape index (κ1) is 15.8. The number of carbonyl (C=O) groups is 1. The summed E-state index contributed by atoms with van der Waals surface area (Å²) in [5.41, 5.74) is 1.20. The molecule has 1 N–H and O–H groups in total. The van der Waals surface area contributed by atoms with Gasteiger partial charge in [-0.1, -0.05) is 38.5 Å². The van der Waals surface area contributed by atoms with Gasteiger partial charge in [-0.15, -0.1) is 0 Å². The molecule has 1 saturated heterocycles. The molecule has 1 aromatic rings. The van der Waals surface area contributed by atoms with Gasteiger partial charge in [0.25, 0.3) is 0 Å². The van der Waals surface area contributed by atoms with Crippen LogP contribution in [0.1, 0.15) is 44.6 Å². The lowest BCUT2D eigenvalue weighted by Crippen LogP contribution is -2.46. The monoisotopic (exact) mass is 291 g/mol. The largest absolute Gasteiger partial charge is 0.492 e. The molecule has 1 fully saturated rings. The van der Waals surface area contributed by atoms with E-state index >= 15 is 0 Å². The summed E-state index contributed by atoms with van der Waals surface area (Å²) in [6.07, 6.45) is 2.83. The van der Waals surface area contributed by atoms with Crippen LogP contribution in [-0.4, -0.2) is 41.7 Å². The summed E-state index contributed by atoms with van der Waals surface area (Å²) in [5.74, 6) is 0.622. The summed E-state index contributed by atoms with van der Waals surface area (Å²) in [7, 11) is 0. The number of benzene rings is 1. The van der Waals surface area contributed by atoms with Gasteiger partial charge in [-0.25, -0.2) is 0 Å². The van der Waals surface area contributed by atoms with Gasteiger partial charge in [0, 0.05) is 6.54 Å². The van der Waals surface area contributed by atoms with Crippen LogP contribution in [0.15, 0.2) is 24.3 Å². The van der Waals surface area contributed by atoms with Gasteiger partial charge in [0.2, 0.25) is 0 Å². The summed E-state index contributed by atoms with van der Waals surface area (Å²) in [5, 5.41) is 9.26. The molecule has 4 nitrogen and oxygen atoms in total. The molecule has 0 spiro atoms. The Morgan fingerprint density at radius 1 is 1.38 bits per heavy atom. The number of aliphatic carboxylic acids is 1. The van der Waals surface area contributed by atoms with Crippen molar-refractivity contribution in [1.82, 2.24) is 4.90 Å². The Morgan fingerprint density at radius 3 is 2.86 bits per heavy atom. The zero-order valence-electron chi connectivity index (χ0n) is 12.9. The second kappa shape index (κ2) is 7.46. The molecule has 4 heteroatoms. The van der Waals surface area contributed by atoms with Gasteiger partial charge >= 0.3 is 5.97 Å². The minimum atomic E-state index is -0.711. The van der Waals surface area contributed by atoms with E-state index in [1.807, 2.05) is 23.1 Å². The zero-order valence-corrected chi connectivity index (χ0v) is 12.9. The number of piperidine rings is 1. The maximum atomic E-state index is 11.3. The molecule has 1 aliphatic heterocycles. The van der Waals surface area contributed by atoms with Crippen LogP contribution >= 0.6 is 0 Å². The van der Waals surface area contributed by atoms with Crippen molar-refractivity contribution in [3.63, 3.8) is 0 Å². The first-order valence-corrected chi connectivity index (χ1v) is 7.78. The molecular weight excluding hydrogens is 266 g/mol. The van der Waals surface area contributed by atoms with Crippen LogP contribution in [0.4, 0.5) is 0 Å². The lowest BCUT2D eigenvalue weighted by Gasteiger charge is -2.32. The standard InChI is InChI=1S/C17H25NO3/c1-13(2)14-7-3-4-9-16(14)21-12-11-18-10-6-5-8-15(18)17(19)20/h3-4,7,9,13,15H,5-6,8,10-12H2,1-2H3,(H,19,20). The molecule has 0 radical (unpaired) electrons. The molecule has 1 unspecified atom stereocenters. The van der Waals surface area contributed by atoms with Crippen molar-refractivity contribution < 1.29 is 14.6 Å². The topological polar surface area (TPSA) is 49.8 Å². The van der Waals surface area contributed by atoms with Crippen molar-refractivity contribution in [2.24, 2.45) is 0 Å². The Kier molecular flexibility index (Phi) is 5.62. The molecule has 1 heterocycles. The van der Waals surface area contributed by atoms with Gasteiger partial charge < -0.3 is 9.84 Å². The minimum absolute atomic E-state index is 0.345. The molecule has 1 atom stereocenters. The number of carboxylic acids is 1. The predicted molar refractivity (Wildman–Crippen MR) is 82.9 cm³/mol. The van der Waals surface area contributed by atoms with E-state index in [-0.39, 0.29) is 6.04 Å². The number of carboxylic acid groups (broad SMARTS) is 1. The van der Waals surface area contributed by atoms with Gasteiger partial charge in [0.05, 0.1) is 0 Å². The highest BCUT2D eigenvalue weighted by atomic mass is 16.5. The van der Waals surface area contributed by atoms with Gasteiger partial charge in [-0.2, -0.15) is 0 Å². The maximum absolute atomic E-state index is 11.3. The molecule has 0 saturated carbocycles. The number of ether oxygens (including phenoxy) is 1. The number of likely N-dealkylation sites (tertiary alicyclic amines) is 1. The molecule has 116 valence electrons. The minimum Gasteiger partial charge on any atom is -0.492 e. The summed E-state index contributed by atoms with van der Waals surface area (Å²) in [4.78, 5) is 13.3. The Hall–Kier alpha value is -1.55. The number of hydrogen-bond acceptors (Lipinski definition) is 3. The molecule has 2 rings (SSSR count). The van der Waals surface area contributed by atoms with E-state index < -0.39 is 5.97 Å². The van der Waals surface area contributed by atoms with Crippen LogP contribution in [0.3, 0.4) is 0 Å². The maximum Gasteiger partial charge on any atom is 0.320 e. The van der Waals surface area contributed by atoms with Crippen LogP contribution in [0.25, 0.3) is 0 Å². The van der Waals surface area contributed by atoms with Gasteiger partial charge in [-0.05, 0) is 36.9 Å². The fourth-order valence-electron chi connectivity index (χ4n) is 2.90. The number of rotatable bonds is 6. The normalized spacial score (nSPS) is 19.7. The van der Waals surface area contributed by atoms with Crippen molar-refractivity contribution in [2.75, 3.05) is 19.7 Å². The van der Waals surface area contributed by atoms with Crippen LogP contribution in [-0.2, 0) is 4.79 Å². The fraction of sp³-hybridized carbons (Fsp3) is 0.588. The van der Waals surface area contributed by atoms with E-state index in [1.165, 1.54) is 5.56 Å². The summed E-state index contributed by atoms with van der Waals surface area (Å²) in [6, 6.07) is 7.72. The van der Waals surface area contributed by atoms with E-state index in [2.05, 4.69) is 19.9 Å². The molecule has 0 bridgehead atoms. The van der Waals surface area contributed by atoms with E-state index in [0.29, 0.717) is 19.1 Å². The summed E-state index contributed by atoms with van der Waals surface area (Å²) in [6.45, 7) is 6.35. The van der Waals surface area contributed by atoms with E-state index in [9.17, 15) is 9.90 Å². The molecule has 0 amide bonds. The van der Waals surface area contributed by atoms with Crippen LogP contribution < -0.4 is 4.74 Å². The lowest BCUT2D eigenvalue weighted by molar-refractivity contribution is -0.144. The Bertz CT molecular complexity index is 473. The van der Waals surface area contributed by atoms with Crippen molar-refractivity contribution in [2.45, 2.75) is 45.1 Å². The molecule has 0 aromatic heterocycles. The summed E-state index contributed by atoms with van der Waals surface area (Å²) < 4.78 is 5.89. The van der Waals surface area contributed by atoms with Gasteiger partial charge in [-0.3, -0.25) is 9.69 Å². The molecular formula is C17H25NO3. The molecule has 1 aliphatic rings. The van der Waals surface area contributed by atoms with E-state index in [0.717, 1.165) is 31.6 Å². The van der Waals surface area contributed by atoms with E-state index in [4.69, 9.17) is 4.74 Å². The molecule has 21 heavy (non-hydrogen) atoms. The van der Waals surface area contributed by atoms with Gasteiger partial charge in [0.1, 0.15) is 18.4 Å². The highest BCUT2D eigenvalue weighted by Gasteiger charge is 2.27. The van der Waals surface area contributed by atoms with Crippen LogP contribution in [0.2, 0.25) is 0 Å². The van der Waals surface area contributed by atoms with Crippen molar-refractivity contribution in [3.05, 3.63) is 29.8 Å². The Morgan fingerprint density at radius 2 is 2.14 bits per heavy atom. The second-order valence-corrected chi connectivity index (χ2v) is 5.93. The molecule has 0 aliphatic carbocycles. The zero-order chi connectivity index (χ0) is 15.2. The molecule has 1 aromatic carbocycles. The SMILES string of the molecule is CC(C)c1ccccc1OCCN1CCCCC1C(=O)O. The quantitative estimate of drug-likeness (QED) is 0.875. The fourth-order valence-corrected chi connectivity index (χ4v) is 2.90. The average Bonchev–Trinajstić information content (AvgIpc) is 2.48. The van der Waals surface area contributed by atoms with Crippen molar-refractivity contribution in [1.29, 1.82) is 0 Å². The van der Waals surface area contributed by atoms with Crippen molar-refractivity contribution >= 4 is 5.97 Å². The lowest BCUT2D eigenvalue weighted by atomic mass is 10.0. The highest BCUT2D eigenvalue weighted by Crippen LogP contribution is 2.26. The summed E-state index contributed by atoms with van der Waals surface area (Å²) >= 11 is 0. The smallest absolute Gasteiger partial charge is 0.320 e. The third kappa shape index (κ3) is 4.21. The third-order valence-electron chi connectivity index (χ3n) is 4.08. The van der Waals surface area contributed by atoms with Crippen LogP contribution in [0, 0.1) is 0 Å². The van der Waals surface area contributed by atoms with E-state index in [1.54, 1.807) is 0 Å². The van der Waals surface area contributed by atoms with Crippen molar-refractivity contribution in [3.8, 4) is 5.75 Å². The van der Waals surface area contributed by atoms with Crippen LogP contribution in [0.5, 0.6) is 5.75 Å². The Labute approximate surface area is 126 Å². The number of hydrogen-bond donors (Lipinski definition) is 1. The highest BCUT2D eigenvalue weighted by molar-refractivity contribution is 5.73. The number of para-hydroxylation sites is 1.